The van der Waals surface area contributed by atoms with Gasteiger partial charge < -0.3 is 20.0 Å². The molecule has 28 heavy (non-hydrogen) atoms. The molecule has 0 saturated carbocycles. The van der Waals surface area contributed by atoms with Crippen molar-refractivity contribution in [3.8, 4) is 0 Å². The molecular formula is C22H34N4O2. The number of benzene rings is 1. The first kappa shape index (κ1) is 20.6. The number of hydrogen-bond donors (Lipinski definition) is 1. The monoisotopic (exact) mass is 386 g/mol. The van der Waals surface area contributed by atoms with Crippen molar-refractivity contribution in [2.24, 2.45) is 5.92 Å². The highest BCUT2D eigenvalue weighted by molar-refractivity contribution is 5.88. The average Bonchev–Trinajstić information content (AvgIpc) is 2.67. The van der Waals surface area contributed by atoms with E-state index >= 15 is 0 Å². The van der Waals surface area contributed by atoms with Crippen LogP contribution in [0.4, 0.5) is 4.79 Å². The summed E-state index contributed by atoms with van der Waals surface area (Å²) in [4.78, 5) is 31.3. The van der Waals surface area contributed by atoms with Crippen molar-refractivity contribution in [2.75, 3.05) is 39.8 Å². The van der Waals surface area contributed by atoms with E-state index in [-0.39, 0.29) is 11.9 Å². The highest BCUT2D eigenvalue weighted by Gasteiger charge is 2.34. The van der Waals surface area contributed by atoms with E-state index in [1.165, 1.54) is 18.4 Å². The van der Waals surface area contributed by atoms with E-state index in [4.69, 9.17) is 0 Å². The minimum atomic E-state index is -0.415. The summed E-state index contributed by atoms with van der Waals surface area (Å²) in [6.45, 7) is 8.65. The number of nitrogens with zero attached hydrogens (tertiary/aromatic N) is 3. The summed E-state index contributed by atoms with van der Waals surface area (Å²) >= 11 is 0. The van der Waals surface area contributed by atoms with Crippen molar-refractivity contribution < 1.29 is 9.59 Å². The first-order chi connectivity index (χ1) is 13.4. The number of carbonyl (C=O) groups excluding carboxylic acids is 2. The molecular weight excluding hydrogens is 352 g/mol. The van der Waals surface area contributed by atoms with Gasteiger partial charge in [-0.2, -0.15) is 0 Å². The van der Waals surface area contributed by atoms with E-state index in [2.05, 4.69) is 36.3 Å². The molecule has 2 aliphatic heterocycles. The lowest BCUT2D eigenvalue weighted by Crippen LogP contribution is -2.59. The van der Waals surface area contributed by atoms with Crippen LogP contribution in [0, 0.1) is 12.8 Å². The number of amides is 3. The summed E-state index contributed by atoms with van der Waals surface area (Å²) < 4.78 is 0. The first-order valence-corrected chi connectivity index (χ1v) is 10.5. The molecule has 0 radical (unpaired) electrons. The molecule has 0 bridgehead atoms. The maximum Gasteiger partial charge on any atom is 0.318 e. The molecule has 0 aromatic heterocycles. The predicted octanol–water partition coefficient (Wildman–Crippen LogP) is 2.47. The Morgan fingerprint density at radius 1 is 1.18 bits per heavy atom. The van der Waals surface area contributed by atoms with Crippen molar-refractivity contribution in [2.45, 2.75) is 45.7 Å². The van der Waals surface area contributed by atoms with Crippen LogP contribution < -0.4 is 5.32 Å². The summed E-state index contributed by atoms with van der Waals surface area (Å²) in [6, 6.07) is 7.72. The Morgan fingerprint density at radius 3 is 2.64 bits per heavy atom. The summed E-state index contributed by atoms with van der Waals surface area (Å²) in [5, 5.41) is 3.04. The van der Waals surface area contributed by atoms with Crippen LogP contribution in [0.3, 0.4) is 0 Å². The van der Waals surface area contributed by atoms with Gasteiger partial charge in [0.1, 0.15) is 6.04 Å². The number of piperidine rings is 1. The number of urea groups is 1. The Kier molecular flexibility index (Phi) is 6.94. The largest absolute Gasteiger partial charge is 0.338 e. The number of hydrogen-bond acceptors (Lipinski definition) is 3. The van der Waals surface area contributed by atoms with E-state index in [0.29, 0.717) is 32.1 Å². The molecule has 6 heteroatoms. The molecule has 1 aromatic rings. The second-order valence-electron chi connectivity index (χ2n) is 8.39. The maximum atomic E-state index is 12.8. The molecule has 2 heterocycles. The van der Waals surface area contributed by atoms with Crippen LogP contribution in [-0.4, -0.2) is 72.5 Å². The molecule has 3 amide bonds. The number of nitrogens with one attached hydrogen (secondary N) is 1. The second-order valence-corrected chi connectivity index (χ2v) is 8.39. The normalized spacial score (nSPS) is 21.8. The summed E-state index contributed by atoms with van der Waals surface area (Å²) in [6.07, 6.45) is 3.44. The van der Waals surface area contributed by atoms with Crippen molar-refractivity contribution in [1.29, 1.82) is 0 Å². The van der Waals surface area contributed by atoms with E-state index in [1.807, 2.05) is 24.0 Å². The SMILES string of the molecule is Cc1cccc(CN2CCN(C(=O)NCCC3CCN(C)CC3)[C@H](C)C2=O)c1. The fourth-order valence-corrected chi connectivity index (χ4v) is 4.23. The lowest BCUT2D eigenvalue weighted by Gasteiger charge is -2.39. The van der Waals surface area contributed by atoms with Gasteiger partial charge in [-0.3, -0.25) is 4.79 Å². The van der Waals surface area contributed by atoms with Crippen LogP contribution in [0.25, 0.3) is 0 Å². The third kappa shape index (κ3) is 5.25. The number of aryl methyl sites for hydroxylation is 1. The highest BCUT2D eigenvalue weighted by atomic mass is 16.2. The maximum absolute atomic E-state index is 12.8. The lowest BCUT2D eigenvalue weighted by atomic mass is 9.94. The molecule has 154 valence electrons. The van der Waals surface area contributed by atoms with Gasteiger partial charge in [-0.25, -0.2) is 4.79 Å². The third-order valence-electron chi connectivity index (χ3n) is 6.13. The number of likely N-dealkylation sites (tertiary alicyclic amines) is 1. The molecule has 0 spiro atoms. The Morgan fingerprint density at radius 2 is 1.93 bits per heavy atom. The Balaban J connectivity index is 1.45. The van der Waals surface area contributed by atoms with Crippen LogP contribution >= 0.6 is 0 Å². The standard InChI is InChI=1S/C22H34N4O2/c1-17-5-4-6-20(15-17)16-25-13-14-26(18(2)21(25)27)22(28)23-10-7-19-8-11-24(3)12-9-19/h4-6,15,18-19H,7-14,16H2,1-3H3,(H,23,28)/t18-/m1/s1. The summed E-state index contributed by atoms with van der Waals surface area (Å²) in [7, 11) is 2.16. The van der Waals surface area contributed by atoms with Crippen molar-refractivity contribution in [1.82, 2.24) is 20.0 Å². The van der Waals surface area contributed by atoms with E-state index in [9.17, 15) is 9.59 Å². The zero-order valence-corrected chi connectivity index (χ0v) is 17.5. The quantitative estimate of drug-likeness (QED) is 0.846. The Hall–Kier alpha value is -2.08. The summed E-state index contributed by atoms with van der Waals surface area (Å²) in [5.41, 5.74) is 2.33. The number of carbonyl (C=O) groups is 2. The van der Waals surface area contributed by atoms with Gasteiger partial charge in [0.25, 0.3) is 0 Å². The van der Waals surface area contributed by atoms with Gasteiger partial charge in [0.15, 0.2) is 0 Å². The zero-order valence-electron chi connectivity index (χ0n) is 17.5. The fraction of sp³-hybridized carbons (Fsp3) is 0.636. The van der Waals surface area contributed by atoms with Crippen LogP contribution in [0.15, 0.2) is 24.3 Å². The zero-order chi connectivity index (χ0) is 20.1. The lowest BCUT2D eigenvalue weighted by molar-refractivity contribution is -0.139. The van der Waals surface area contributed by atoms with E-state index in [1.54, 1.807) is 4.90 Å². The topological polar surface area (TPSA) is 55.9 Å². The van der Waals surface area contributed by atoms with Crippen LogP contribution in [-0.2, 0) is 11.3 Å². The van der Waals surface area contributed by atoms with Crippen molar-refractivity contribution >= 4 is 11.9 Å². The van der Waals surface area contributed by atoms with E-state index < -0.39 is 6.04 Å². The molecule has 2 fully saturated rings. The van der Waals surface area contributed by atoms with Gasteiger partial charge in [-0.1, -0.05) is 29.8 Å². The molecule has 6 nitrogen and oxygen atoms in total. The van der Waals surface area contributed by atoms with Gasteiger partial charge in [0.05, 0.1) is 0 Å². The minimum Gasteiger partial charge on any atom is -0.338 e. The Bertz CT molecular complexity index is 685. The summed E-state index contributed by atoms with van der Waals surface area (Å²) in [5.74, 6) is 0.722. The van der Waals surface area contributed by atoms with Gasteiger partial charge in [0.2, 0.25) is 5.91 Å². The van der Waals surface area contributed by atoms with Crippen molar-refractivity contribution in [3.63, 3.8) is 0 Å². The molecule has 2 aliphatic rings. The smallest absolute Gasteiger partial charge is 0.318 e. The first-order valence-electron chi connectivity index (χ1n) is 10.5. The van der Waals surface area contributed by atoms with Gasteiger partial charge in [-0.15, -0.1) is 0 Å². The average molecular weight is 387 g/mol. The van der Waals surface area contributed by atoms with Gasteiger partial charge in [0, 0.05) is 26.2 Å². The Labute approximate surface area is 168 Å². The minimum absolute atomic E-state index is 0.0261. The van der Waals surface area contributed by atoms with Gasteiger partial charge >= 0.3 is 6.03 Å². The van der Waals surface area contributed by atoms with Gasteiger partial charge in [-0.05, 0) is 64.7 Å². The fourth-order valence-electron chi connectivity index (χ4n) is 4.23. The number of piperazine rings is 1. The molecule has 0 unspecified atom stereocenters. The highest BCUT2D eigenvalue weighted by Crippen LogP contribution is 2.19. The molecule has 2 saturated heterocycles. The predicted molar refractivity (Wildman–Crippen MR) is 111 cm³/mol. The molecule has 3 rings (SSSR count). The van der Waals surface area contributed by atoms with E-state index in [0.717, 1.165) is 25.1 Å². The van der Waals surface area contributed by atoms with Crippen molar-refractivity contribution in [3.05, 3.63) is 35.4 Å². The second kappa shape index (κ2) is 9.41. The molecule has 1 N–H and O–H groups in total. The third-order valence-corrected chi connectivity index (χ3v) is 6.13. The molecule has 0 aliphatic carbocycles. The number of rotatable bonds is 5. The van der Waals surface area contributed by atoms with Crippen LogP contribution in [0.2, 0.25) is 0 Å². The van der Waals surface area contributed by atoms with Crippen LogP contribution in [0.1, 0.15) is 37.3 Å². The molecule has 1 aromatic carbocycles. The molecule has 1 atom stereocenters. The van der Waals surface area contributed by atoms with Crippen LogP contribution in [0.5, 0.6) is 0 Å².